The van der Waals surface area contributed by atoms with Gasteiger partial charge in [-0.15, -0.1) is 0 Å². The van der Waals surface area contributed by atoms with E-state index in [9.17, 15) is 9.59 Å². The van der Waals surface area contributed by atoms with E-state index in [1.54, 1.807) is 30.8 Å². The number of hydrogen-bond acceptors (Lipinski definition) is 4. The number of rotatable bonds is 6. The lowest BCUT2D eigenvalue weighted by Crippen LogP contribution is -2.38. The van der Waals surface area contributed by atoms with Crippen LogP contribution in [0.3, 0.4) is 0 Å². The van der Waals surface area contributed by atoms with Crippen molar-refractivity contribution in [3.8, 4) is 0 Å². The highest BCUT2D eigenvalue weighted by Gasteiger charge is 2.22. The summed E-state index contributed by atoms with van der Waals surface area (Å²) in [7, 11) is 3.54. The van der Waals surface area contributed by atoms with Gasteiger partial charge >= 0.3 is 6.03 Å². The Morgan fingerprint density at radius 2 is 2.16 bits per heavy atom. The third kappa shape index (κ3) is 5.14. The van der Waals surface area contributed by atoms with Gasteiger partial charge in [-0.2, -0.15) is 16.9 Å². The van der Waals surface area contributed by atoms with Crippen LogP contribution in [0.25, 0.3) is 0 Å². The Kier molecular flexibility index (Phi) is 5.88. The first-order valence-corrected chi connectivity index (χ1v) is 10.0. The molecule has 0 atom stereocenters. The molecule has 0 radical (unpaired) electrons. The molecule has 8 heteroatoms. The van der Waals surface area contributed by atoms with Crippen LogP contribution in [0.1, 0.15) is 30.7 Å². The molecule has 1 saturated carbocycles. The van der Waals surface area contributed by atoms with Crippen LogP contribution < -0.4 is 5.32 Å². The maximum absolute atomic E-state index is 12.2. The second kappa shape index (κ2) is 8.12. The summed E-state index contributed by atoms with van der Waals surface area (Å²) in [5.41, 5.74) is 1.88. The van der Waals surface area contributed by atoms with Crippen molar-refractivity contribution in [3.63, 3.8) is 0 Å². The number of urea groups is 1. The highest BCUT2D eigenvalue weighted by molar-refractivity contribution is 7.99. The third-order valence-corrected chi connectivity index (χ3v) is 5.64. The van der Waals surface area contributed by atoms with Crippen LogP contribution in [0.5, 0.6) is 0 Å². The first kappa shape index (κ1) is 18.1. The summed E-state index contributed by atoms with van der Waals surface area (Å²) in [5.74, 6) is 2.53. The number of aryl methyl sites for hydroxylation is 1. The number of carbonyl (C=O) groups is 2. The minimum absolute atomic E-state index is 0.0252. The lowest BCUT2D eigenvalue weighted by molar-refractivity contribution is -0.118. The maximum Gasteiger partial charge on any atom is 0.319 e. The van der Waals surface area contributed by atoms with Gasteiger partial charge < -0.3 is 15.1 Å². The molecule has 2 aliphatic rings. The van der Waals surface area contributed by atoms with Crippen LogP contribution in [0, 0.1) is 5.92 Å². The molecule has 0 unspecified atom stereocenters. The quantitative estimate of drug-likeness (QED) is 0.830. The van der Waals surface area contributed by atoms with E-state index in [-0.39, 0.29) is 11.9 Å². The Labute approximate surface area is 153 Å². The van der Waals surface area contributed by atoms with Crippen LogP contribution in [-0.4, -0.2) is 63.7 Å². The highest BCUT2D eigenvalue weighted by atomic mass is 32.2. The van der Waals surface area contributed by atoms with Crippen LogP contribution in [0.2, 0.25) is 0 Å². The molecule has 1 aromatic heterocycles. The van der Waals surface area contributed by atoms with Gasteiger partial charge in [0.25, 0.3) is 0 Å². The zero-order chi connectivity index (χ0) is 17.8. The summed E-state index contributed by atoms with van der Waals surface area (Å²) >= 11 is 1.72. The summed E-state index contributed by atoms with van der Waals surface area (Å²) in [6.45, 7) is 2.56. The molecular weight excluding hydrogens is 338 g/mol. The standard InChI is InChI=1S/C17H27N5O2S/c1-20(2)17(24)21-6-3-7-22-15(10-21)8-14(19-22)9-18-16(23)12-25-11-13-4-5-13/h8,13H,3-7,9-12H2,1-2H3,(H,18,23). The van der Waals surface area contributed by atoms with Crippen molar-refractivity contribution >= 4 is 23.7 Å². The van der Waals surface area contributed by atoms with Crippen molar-refractivity contribution in [2.75, 3.05) is 32.1 Å². The first-order chi connectivity index (χ1) is 12.0. The average Bonchev–Trinajstić information content (AvgIpc) is 3.35. The largest absolute Gasteiger partial charge is 0.350 e. The van der Waals surface area contributed by atoms with Crippen molar-refractivity contribution in [3.05, 3.63) is 17.5 Å². The lowest BCUT2D eigenvalue weighted by Gasteiger charge is -2.23. The van der Waals surface area contributed by atoms with Gasteiger partial charge in [0.15, 0.2) is 0 Å². The fourth-order valence-electron chi connectivity index (χ4n) is 2.90. The number of nitrogens with zero attached hydrogens (tertiary/aromatic N) is 4. The smallest absolute Gasteiger partial charge is 0.319 e. The summed E-state index contributed by atoms with van der Waals surface area (Å²) < 4.78 is 1.96. The van der Waals surface area contributed by atoms with Gasteiger partial charge in [0.1, 0.15) is 0 Å². The molecule has 3 amide bonds. The predicted octanol–water partition coefficient (Wildman–Crippen LogP) is 1.53. The fraction of sp³-hybridized carbons (Fsp3) is 0.706. The van der Waals surface area contributed by atoms with Crippen molar-refractivity contribution < 1.29 is 9.59 Å². The van der Waals surface area contributed by atoms with E-state index in [0.29, 0.717) is 18.8 Å². The summed E-state index contributed by atoms with van der Waals surface area (Å²) in [4.78, 5) is 27.6. The van der Waals surface area contributed by atoms with Crippen molar-refractivity contribution in [2.45, 2.75) is 38.9 Å². The average molecular weight is 366 g/mol. The molecule has 0 spiro atoms. The van der Waals surface area contributed by atoms with Gasteiger partial charge in [-0.05, 0) is 37.0 Å². The molecule has 1 aromatic rings. The van der Waals surface area contributed by atoms with Crippen LogP contribution in [0.15, 0.2) is 6.07 Å². The number of hydrogen-bond donors (Lipinski definition) is 1. The number of aromatic nitrogens is 2. The van der Waals surface area contributed by atoms with E-state index in [4.69, 9.17) is 0 Å². The van der Waals surface area contributed by atoms with Gasteiger partial charge in [0.2, 0.25) is 5.91 Å². The molecule has 1 aliphatic carbocycles. The maximum atomic E-state index is 12.2. The molecule has 25 heavy (non-hydrogen) atoms. The molecule has 0 aromatic carbocycles. The van der Waals surface area contributed by atoms with Crippen molar-refractivity contribution in [1.82, 2.24) is 24.9 Å². The van der Waals surface area contributed by atoms with Crippen LogP contribution in [0.4, 0.5) is 4.79 Å². The van der Waals surface area contributed by atoms with Crippen molar-refractivity contribution in [1.29, 1.82) is 0 Å². The van der Waals surface area contributed by atoms with Gasteiger partial charge in [0, 0.05) is 27.2 Å². The summed E-state index contributed by atoms with van der Waals surface area (Å²) in [6.07, 6.45) is 3.53. The molecule has 3 rings (SSSR count). The van der Waals surface area contributed by atoms with E-state index in [1.165, 1.54) is 12.8 Å². The number of thioether (sulfide) groups is 1. The van der Waals surface area contributed by atoms with E-state index < -0.39 is 0 Å². The van der Waals surface area contributed by atoms with Crippen LogP contribution >= 0.6 is 11.8 Å². The Hall–Kier alpha value is -1.70. The van der Waals surface area contributed by atoms with E-state index in [0.717, 1.165) is 42.6 Å². The number of nitrogens with one attached hydrogen (secondary N) is 1. The molecule has 138 valence electrons. The predicted molar refractivity (Wildman–Crippen MR) is 98.2 cm³/mol. The van der Waals surface area contributed by atoms with Gasteiger partial charge in [-0.25, -0.2) is 4.79 Å². The monoisotopic (exact) mass is 365 g/mol. The Bertz CT molecular complexity index is 627. The summed E-state index contributed by atoms with van der Waals surface area (Å²) in [5, 5.41) is 7.53. The second-order valence-electron chi connectivity index (χ2n) is 7.04. The number of fused-ring (bicyclic) bond motifs is 1. The molecule has 2 heterocycles. The summed E-state index contributed by atoms with van der Waals surface area (Å²) in [6, 6.07) is 2.02. The Balaban J connectivity index is 1.50. The topological polar surface area (TPSA) is 70.5 Å². The molecule has 1 N–H and O–H groups in total. The van der Waals surface area contributed by atoms with Gasteiger partial charge in [-0.3, -0.25) is 9.48 Å². The van der Waals surface area contributed by atoms with Crippen molar-refractivity contribution in [2.24, 2.45) is 5.92 Å². The molecule has 1 aliphatic heterocycles. The number of carbonyl (C=O) groups excluding carboxylic acids is 2. The third-order valence-electron chi connectivity index (χ3n) is 4.47. The highest BCUT2D eigenvalue weighted by Crippen LogP contribution is 2.32. The minimum atomic E-state index is 0.0252. The second-order valence-corrected chi connectivity index (χ2v) is 8.07. The van der Waals surface area contributed by atoms with Crippen LogP contribution in [-0.2, 0) is 24.4 Å². The minimum Gasteiger partial charge on any atom is -0.350 e. The van der Waals surface area contributed by atoms with Gasteiger partial charge in [-0.1, -0.05) is 0 Å². The van der Waals surface area contributed by atoms with E-state index >= 15 is 0 Å². The molecule has 0 saturated heterocycles. The normalized spacial score (nSPS) is 17.0. The first-order valence-electron chi connectivity index (χ1n) is 8.89. The van der Waals surface area contributed by atoms with E-state index in [2.05, 4.69) is 10.4 Å². The zero-order valence-corrected chi connectivity index (χ0v) is 15.8. The SMILES string of the molecule is CN(C)C(=O)N1CCCn2nc(CNC(=O)CSCC3CC3)cc2C1. The molecule has 1 fully saturated rings. The zero-order valence-electron chi connectivity index (χ0n) is 15.0. The lowest BCUT2D eigenvalue weighted by atomic mass is 10.3. The fourth-order valence-corrected chi connectivity index (χ4v) is 3.97. The van der Waals surface area contributed by atoms with E-state index in [1.807, 2.05) is 15.6 Å². The molecule has 7 nitrogen and oxygen atoms in total. The molecule has 0 bridgehead atoms. The number of amides is 3. The molecular formula is C17H27N5O2S. The van der Waals surface area contributed by atoms with Gasteiger partial charge in [0.05, 0.1) is 30.2 Å². The Morgan fingerprint density at radius 1 is 1.36 bits per heavy atom. The Morgan fingerprint density at radius 3 is 2.88 bits per heavy atom.